The van der Waals surface area contributed by atoms with Crippen LogP contribution in [-0.2, 0) is 26.2 Å². The van der Waals surface area contributed by atoms with Crippen LogP contribution in [0, 0.1) is 5.92 Å². The van der Waals surface area contributed by atoms with E-state index in [-0.39, 0.29) is 24.1 Å². The van der Waals surface area contributed by atoms with Crippen LogP contribution in [0.15, 0.2) is 48.5 Å². The zero-order valence-electron chi connectivity index (χ0n) is 20.8. The highest BCUT2D eigenvalue weighted by molar-refractivity contribution is 7.92. The van der Waals surface area contributed by atoms with Crippen molar-refractivity contribution in [1.82, 2.24) is 10.2 Å². The maximum absolute atomic E-state index is 13.6. The monoisotopic (exact) mass is 523 g/mol. The summed E-state index contributed by atoms with van der Waals surface area (Å²) in [6.07, 6.45) is 1.03. The second-order valence-corrected chi connectivity index (χ2v) is 10.9. The number of sulfonamides is 1. The van der Waals surface area contributed by atoms with E-state index in [1.54, 1.807) is 62.4 Å². The average Bonchev–Trinajstić information content (AvgIpc) is 2.80. The highest BCUT2D eigenvalue weighted by Gasteiger charge is 2.31. The summed E-state index contributed by atoms with van der Waals surface area (Å²) in [5, 5.41) is 3.29. The first-order valence-electron chi connectivity index (χ1n) is 11.5. The molecule has 1 N–H and O–H groups in total. The molecule has 0 fully saturated rings. The van der Waals surface area contributed by atoms with Crippen molar-refractivity contribution in [3.8, 4) is 5.75 Å². The molecular weight excluding hydrogens is 490 g/mol. The van der Waals surface area contributed by atoms with Gasteiger partial charge in [0.15, 0.2) is 0 Å². The first-order valence-corrected chi connectivity index (χ1v) is 13.7. The van der Waals surface area contributed by atoms with E-state index in [1.165, 1.54) is 4.90 Å². The van der Waals surface area contributed by atoms with Crippen LogP contribution in [-0.4, -0.2) is 57.1 Å². The van der Waals surface area contributed by atoms with Crippen molar-refractivity contribution < 1.29 is 22.7 Å². The molecule has 0 spiro atoms. The van der Waals surface area contributed by atoms with Gasteiger partial charge in [-0.15, -0.1) is 0 Å². The fourth-order valence-electron chi connectivity index (χ4n) is 3.38. The predicted molar refractivity (Wildman–Crippen MR) is 139 cm³/mol. The van der Waals surface area contributed by atoms with Gasteiger partial charge in [-0.05, 0) is 43.5 Å². The number of rotatable bonds is 12. The summed E-state index contributed by atoms with van der Waals surface area (Å²) in [4.78, 5) is 27.8. The summed E-state index contributed by atoms with van der Waals surface area (Å²) < 4.78 is 32.1. The van der Waals surface area contributed by atoms with Crippen molar-refractivity contribution in [2.24, 2.45) is 5.92 Å². The van der Waals surface area contributed by atoms with Gasteiger partial charge in [0, 0.05) is 18.1 Å². The van der Waals surface area contributed by atoms with Crippen LogP contribution in [0.25, 0.3) is 0 Å². The van der Waals surface area contributed by atoms with Gasteiger partial charge in [-0.25, -0.2) is 8.42 Å². The number of para-hydroxylation sites is 2. The summed E-state index contributed by atoms with van der Waals surface area (Å²) in [6.45, 7) is 7.66. The van der Waals surface area contributed by atoms with Gasteiger partial charge < -0.3 is 15.0 Å². The predicted octanol–water partition coefficient (Wildman–Crippen LogP) is 3.69. The smallest absolute Gasteiger partial charge is 0.244 e. The lowest BCUT2D eigenvalue weighted by molar-refractivity contribution is -0.139. The Morgan fingerprint density at radius 2 is 1.69 bits per heavy atom. The zero-order chi connectivity index (χ0) is 26.2. The first-order chi connectivity index (χ1) is 16.5. The van der Waals surface area contributed by atoms with Gasteiger partial charge in [0.25, 0.3) is 0 Å². The van der Waals surface area contributed by atoms with Gasteiger partial charge in [0.2, 0.25) is 21.8 Å². The molecule has 0 unspecified atom stereocenters. The first kappa shape index (κ1) is 28.5. The second-order valence-electron chi connectivity index (χ2n) is 8.60. The fraction of sp³-hybridized carbons (Fsp3) is 0.440. The molecule has 2 rings (SSSR count). The molecule has 8 nitrogen and oxygen atoms in total. The summed E-state index contributed by atoms with van der Waals surface area (Å²) in [5.41, 5.74) is 0.895. The maximum Gasteiger partial charge on any atom is 0.244 e. The third-order valence-corrected chi connectivity index (χ3v) is 6.76. The Labute approximate surface area is 213 Å². The van der Waals surface area contributed by atoms with Gasteiger partial charge >= 0.3 is 0 Å². The molecule has 0 bridgehead atoms. The summed E-state index contributed by atoms with van der Waals surface area (Å²) in [6, 6.07) is 12.8. The van der Waals surface area contributed by atoms with E-state index in [2.05, 4.69) is 5.32 Å². The maximum atomic E-state index is 13.6. The molecule has 1 atom stereocenters. The molecular formula is C25H34ClN3O5S. The van der Waals surface area contributed by atoms with E-state index in [9.17, 15) is 18.0 Å². The molecule has 35 heavy (non-hydrogen) atoms. The lowest BCUT2D eigenvalue weighted by Crippen LogP contribution is -2.51. The number of nitrogens with zero attached hydrogens (tertiary/aromatic N) is 2. The number of benzene rings is 2. The van der Waals surface area contributed by atoms with E-state index in [4.69, 9.17) is 16.3 Å². The van der Waals surface area contributed by atoms with Crippen molar-refractivity contribution in [3.63, 3.8) is 0 Å². The van der Waals surface area contributed by atoms with E-state index in [0.717, 1.165) is 10.6 Å². The molecule has 0 aliphatic carbocycles. The van der Waals surface area contributed by atoms with E-state index < -0.39 is 28.5 Å². The van der Waals surface area contributed by atoms with Gasteiger partial charge in [0.05, 0.1) is 18.6 Å². The molecule has 0 saturated heterocycles. The van der Waals surface area contributed by atoms with Crippen molar-refractivity contribution in [2.45, 2.75) is 40.3 Å². The lowest BCUT2D eigenvalue weighted by Gasteiger charge is -2.32. The summed E-state index contributed by atoms with van der Waals surface area (Å²) in [7, 11) is -3.86. The Kier molecular flexibility index (Phi) is 10.4. The van der Waals surface area contributed by atoms with Gasteiger partial charge in [-0.2, -0.15) is 0 Å². The lowest BCUT2D eigenvalue weighted by atomic mass is 10.1. The standard InChI is InChI=1S/C25H34ClN3O5S/c1-6-34-23-14-10-9-13-22(23)29(35(5,32)33)17-24(30)28(16-20-11-7-8-12-21(20)26)19(4)25(31)27-15-18(2)3/h7-14,18-19H,6,15-17H2,1-5H3,(H,27,31)/t19-/m0/s1. The molecule has 0 heterocycles. The third kappa shape index (κ3) is 8.14. The van der Waals surface area contributed by atoms with Gasteiger partial charge in [-0.1, -0.05) is 55.8 Å². The second kappa shape index (κ2) is 12.8. The van der Waals surface area contributed by atoms with E-state index in [0.29, 0.717) is 29.5 Å². The largest absolute Gasteiger partial charge is 0.492 e. The highest BCUT2D eigenvalue weighted by Crippen LogP contribution is 2.30. The molecule has 10 heteroatoms. The van der Waals surface area contributed by atoms with Crippen LogP contribution in [0.4, 0.5) is 5.69 Å². The fourth-order valence-corrected chi connectivity index (χ4v) is 4.43. The minimum atomic E-state index is -3.86. The number of ether oxygens (including phenoxy) is 1. The van der Waals surface area contributed by atoms with Crippen molar-refractivity contribution >= 4 is 39.1 Å². The van der Waals surface area contributed by atoms with Crippen LogP contribution in [0.2, 0.25) is 5.02 Å². The van der Waals surface area contributed by atoms with E-state index in [1.807, 2.05) is 13.8 Å². The third-order valence-electron chi connectivity index (χ3n) is 5.26. The molecule has 192 valence electrons. The number of amides is 2. The Balaban J connectivity index is 2.43. The van der Waals surface area contributed by atoms with Crippen LogP contribution >= 0.6 is 11.6 Å². The number of hydrogen-bond acceptors (Lipinski definition) is 5. The molecule has 2 amide bonds. The van der Waals surface area contributed by atoms with Crippen molar-refractivity contribution in [1.29, 1.82) is 0 Å². The van der Waals surface area contributed by atoms with Crippen molar-refractivity contribution in [3.05, 3.63) is 59.1 Å². The quantitative estimate of drug-likeness (QED) is 0.457. The van der Waals surface area contributed by atoms with Crippen LogP contribution in [0.3, 0.4) is 0 Å². The average molecular weight is 524 g/mol. The molecule has 0 radical (unpaired) electrons. The van der Waals surface area contributed by atoms with E-state index >= 15 is 0 Å². The Bertz CT molecular complexity index is 1120. The molecule has 2 aromatic rings. The van der Waals surface area contributed by atoms with Crippen LogP contribution < -0.4 is 14.4 Å². The Morgan fingerprint density at radius 1 is 1.06 bits per heavy atom. The SMILES string of the molecule is CCOc1ccccc1N(CC(=O)N(Cc1ccccc1Cl)[C@@H](C)C(=O)NCC(C)C)S(C)(=O)=O. The summed E-state index contributed by atoms with van der Waals surface area (Å²) >= 11 is 6.33. The van der Waals surface area contributed by atoms with Crippen LogP contribution in [0.5, 0.6) is 5.75 Å². The Hall–Kier alpha value is -2.78. The Morgan fingerprint density at radius 3 is 2.29 bits per heavy atom. The van der Waals surface area contributed by atoms with Gasteiger partial charge in [0.1, 0.15) is 18.3 Å². The summed E-state index contributed by atoms with van der Waals surface area (Å²) in [5.74, 6) is -0.308. The number of anilines is 1. The molecule has 0 aliphatic heterocycles. The minimum absolute atomic E-state index is 0.0412. The highest BCUT2D eigenvalue weighted by atomic mass is 35.5. The number of carbonyl (C=O) groups excluding carboxylic acids is 2. The number of nitrogens with one attached hydrogen (secondary N) is 1. The molecule has 2 aromatic carbocycles. The number of halogens is 1. The molecule has 0 aromatic heterocycles. The number of carbonyl (C=O) groups is 2. The van der Waals surface area contributed by atoms with Gasteiger partial charge in [-0.3, -0.25) is 13.9 Å². The van der Waals surface area contributed by atoms with Crippen molar-refractivity contribution in [2.75, 3.05) is 30.3 Å². The minimum Gasteiger partial charge on any atom is -0.492 e. The topological polar surface area (TPSA) is 96.0 Å². The molecule has 0 saturated carbocycles. The number of hydrogen-bond donors (Lipinski definition) is 1. The van der Waals surface area contributed by atoms with Crippen LogP contribution in [0.1, 0.15) is 33.3 Å². The molecule has 0 aliphatic rings. The normalized spacial score (nSPS) is 12.2. The zero-order valence-corrected chi connectivity index (χ0v) is 22.4.